The Kier molecular flexibility index (Phi) is 2.75. The molecule has 0 aliphatic carbocycles. The number of anilines is 2. The summed E-state index contributed by atoms with van der Waals surface area (Å²) in [6.45, 7) is 0.215. The molecule has 26 heavy (non-hydrogen) atoms. The molecule has 0 saturated heterocycles. The molecule has 0 fully saturated rings. The van der Waals surface area contributed by atoms with E-state index in [-0.39, 0.29) is 6.85 Å². The molecular formula is C24H16BN. The van der Waals surface area contributed by atoms with E-state index >= 15 is 0 Å². The maximum Gasteiger partial charge on any atom is 0.329 e. The molecule has 2 heteroatoms. The van der Waals surface area contributed by atoms with Crippen molar-refractivity contribution in [3.05, 3.63) is 97.1 Å². The van der Waals surface area contributed by atoms with Crippen LogP contribution in [0.5, 0.6) is 0 Å². The van der Waals surface area contributed by atoms with Gasteiger partial charge in [0.25, 0.3) is 0 Å². The molecule has 2 aliphatic heterocycles. The maximum absolute atomic E-state index is 2.52. The van der Waals surface area contributed by atoms with Crippen LogP contribution < -0.4 is 15.7 Å². The van der Waals surface area contributed by atoms with Gasteiger partial charge in [0.05, 0.1) is 0 Å². The highest BCUT2D eigenvalue weighted by Gasteiger charge is 2.41. The van der Waals surface area contributed by atoms with Gasteiger partial charge in [-0.05, 0) is 34.2 Å². The molecule has 0 N–H and O–H groups in total. The summed E-state index contributed by atoms with van der Waals surface area (Å²) >= 11 is 0. The number of benzene rings is 4. The fourth-order valence-corrected chi connectivity index (χ4v) is 4.64. The number of hydrogen-bond donors (Lipinski definition) is 0. The Morgan fingerprint density at radius 2 is 0.808 bits per heavy atom. The van der Waals surface area contributed by atoms with Crippen molar-refractivity contribution < 1.29 is 0 Å². The topological polar surface area (TPSA) is 3.24 Å². The number of hydrogen-bond acceptors (Lipinski definition) is 1. The van der Waals surface area contributed by atoms with E-state index in [1.165, 1.54) is 44.6 Å². The van der Waals surface area contributed by atoms with E-state index in [4.69, 9.17) is 0 Å². The van der Waals surface area contributed by atoms with Crippen molar-refractivity contribution in [2.24, 2.45) is 0 Å². The third-order valence-electron chi connectivity index (χ3n) is 5.68. The van der Waals surface area contributed by atoms with Crippen molar-refractivity contribution in [1.82, 2.24) is 0 Å². The molecule has 4 aromatic rings. The third kappa shape index (κ3) is 1.71. The Morgan fingerprint density at radius 3 is 1.31 bits per heavy atom. The van der Waals surface area contributed by atoms with Crippen molar-refractivity contribution in [2.45, 2.75) is 0 Å². The van der Waals surface area contributed by atoms with Crippen LogP contribution in [0.2, 0.25) is 0 Å². The summed E-state index contributed by atoms with van der Waals surface area (Å²) in [5.74, 6) is 0. The molecule has 0 atom stereocenters. The lowest BCUT2D eigenvalue weighted by Gasteiger charge is -2.43. The molecular weight excluding hydrogens is 313 g/mol. The number of para-hydroxylation sites is 2. The molecule has 0 unspecified atom stereocenters. The van der Waals surface area contributed by atoms with Crippen molar-refractivity contribution >= 4 is 29.1 Å². The van der Waals surface area contributed by atoms with E-state index in [0.717, 1.165) is 0 Å². The number of nitrogens with zero attached hydrogens (tertiary/aromatic N) is 1. The van der Waals surface area contributed by atoms with Crippen LogP contribution in [0, 0.1) is 0 Å². The lowest BCUT2D eigenvalue weighted by Crippen LogP contribution is -2.59. The minimum absolute atomic E-state index is 0.215. The summed E-state index contributed by atoms with van der Waals surface area (Å²) in [6, 6.07) is 35.3. The molecule has 2 aliphatic rings. The van der Waals surface area contributed by atoms with Crippen LogP contribution in [0.3, 0.4) is 0 Å². The zero-order chi connectivity index (χ0) is 17.1. The zero-order valence-electron chi connectivity index (χ0n) is 14.3. The smallest absolute Gasteiger partial charge is 0.329 e. The van der Waals surface area contributed by atoms with Gasteiger partial charge < -0.3 is 4.81 Å². The van der Waals surface area contributed by atoms with Crippen molar-refractivity contribution in [1.29, 1.82) is 0 Å². The second-order valence-electron chi connectivity index (χ2n) is 6.98. The van der Waals surface area contributed by atoms with Crippen LogP contribution in [0.25, 0.3) is 22.3 Å². The summed E-state index contributed by atoms with van der Waals surface area (Å²) in [5, 5.41) is 0. The molecule has 6 rings (SSSR count). The fraction of sp³-hybridized carbons (Fsp3) is 0. The highest BCUT2D eigenvalue weighted by molar-refractivity contribution is 6.92. The minimum Gasteiger partial charge on any atom is -0.376 e. The van der Waals surface area contributed by atoms with Crippen LogP contribution in [-0.4, -0.2) is 6.85 Å². The Hall–Kier alpha value is -3.26. The minimum atomic E-state index is 0.215. The molecule has 0 bridgehead atoms. The SMILES string of the molecule is c1ccc2c(c1)B1c3ccccc3-c3ccccc3N1c1ccccc1-2. The predicted octanol–water partition coefficient (Wildman–Crippen LogP) is 4.59. The monoisotopic (exact) mass is 329 g/mol. The second kappa shape index (κ2) is 5.12. The Labute approximate surface area is 153 Å². The molecule has 2 heterocycles. The maximum atomic E-state index is 2.52. The van der Waals surface area contributed by atoms with E-state index in [9.17, 15) is 0 Å². The summed E-state index contributed by atoms with van der Waals surface area (Å²) in [5.41, 5.74) is 10.7. The standard InChI is InChI=1S/C24H16BN/c1-5-13-21-17(9-1)19-11-3-7-15-23(19)26-24-16-8-4-12-20(24)18-10-2-6-14-22(18)25(21)26/h1-16H. The van der Waals surface area contributed by atoms with Crippen molar-refractivity contribution in [2.75, 3.05) is 4.81 Å². The average Bonchev–Trinajstić information content (AvgIpc) is 2.73. The van der Waals surface area contributed by atoms with Crippen LogP contribution in [0.1, 0.15) is 0 Å². The van der Waals surface area contributed by atoms with Crippen LogP contribution in [0.4, 0.5) is 11.4 Å². The van der Waals surface area contributed by atoms with E-state index < -0.39 is 0 Å². The van der Waals surface area contributed by atoms with Gasteiger partial charge in [0, 0.05) is 22.5 Å². The van der Waals surface area contributed by atoms with Gasteiger partial charge in [-0.15, -0.1) is 0 Å². The summed E-state index contributed by atoms with van der Waals surface area (Å²) in [4.78, 5) is 2.52. The van der Waals surface area contributed by atoms with Gasteiger partial charge in [-0.2, -0.15) is 0 Å². The van der Waals surface area contributed by atoms with Gasteiger partial charge >= 0.3 is 6.85 Å². The first kappa shape index (κ1) is 14.0. The van der Waals surface area contributed by atoms with Crippen molar-refractivity contribution in [3.8, 4) is 22.3 Å². The average molecular weight is 329 g/mol. The molecule has 0 amide bonds. The van der Waals surface area contributed by atoms with E-state index in [1.807, 2.05) is 0 Å². The molecule has 1 nitrogen and oxygen atoms in total. The zero-order valence-corrected chi connectivity index (χ0v) is 14.3. The molecule has 0 radical (unpaired) electrons. The second-order valence-corrected chi connectivity index (χ2v) is 6.98. The first-order valence-electron chi connectivity index (χ1n) is 9.09. The summed E-state index contributed by atoms with van der Waals surface area (Å²) in [7, 11) is 0. The normalized spacial score (nSPS) is 13.2. The van der Waals surface area contributed by atoms with Gasteiger partial charge in [0.15, 0.2) is 0 Å². The van der Waals surface area contributed by atoms with Gasteiger partial charge in [0.1, 0.15) is 0 Å². The quantitative estimate of drug-likeness (QED) is 0.427. The van der Waals surface area contributed by atoms with Gasteiger partial charge in [-0.1, -0.05) is 84.9 Å². The highest BCUT2D eigenvalue weighted by Crippen LogP contribution is 2.45. The lowest BCUT2D eigenvalue weighted by atomic mass is 9.43. The highest BCUT2D eigenvalue weighted by atomic mass is 15.1. The summed E-state index contributed by atoms with van der Waals surface area (Å²) in [6.07, 6.45) is 0. The predicted molar refractivity (Wildman–Crippen MR) is 111 cm³/mol. The first-order valence-corrected chi connectivity index (χ1v) is 9.09. The third-order valence-corrected chi connectivity index (χ3v) is 5.68. The molecule has 4 aromatic carbocycles. The van der Waals surface area contributed by atoms with Gasteiger partial charge in [-0.25, -0.2) is 0 Å². The van der Waals surface area contributed by atoms with Gasteiger partial charge in [0.2, 0.25) is 0 Å². The Bertz CT molecular complexity index is 980. The van der Waals surface area contributed by atoms with Crippen molar-refractivity contribution in [3.63, 3.8) is 0 Å². The molecule has 120 valence electrons. The molecule has 0 aromatic heterocycles. The van der Waals surface area contributed by atoms with Crippen LogP contribution in [0.15, 0.2) is 97.1 Å². The molecule has 0 spiro atoms. The van der Waals surface area contributed by atoms with Crippen LogP contribution in [-0.2, 0) is 0 Å². The Balaban J connectivity index is 1.77. The van der Waals surface area contributed by atoms with E-state index in [2.05, 4.69) is 102 Å². The van der Waals surface area contributed by atoms with Gasteiger partial charge in [-0.3, -0.25) is 0 Å². The Morgan fingerprint density at radius 1 is 0.423 bits per heavy atom. The number of fused-ring (bicyclic) bond motifs is 11. The lowest BCUT2D eigenvalue weighted by molar-refractivity contribution is 1.35. The summed E-state index contributed by atoms with van der Waals surface area (Å²) < 4.78 is 0. The van der Waals surface area contributed by atoms with Crippen LogP contribution >= 0.6 is 0 Å². The largest absolute Gasteiger partial charge is 0.376 e. The van der Waals surface area contributed by atoms with E-state index in [0.29, 0.717) is 0 Å². The number of rotatable bonds is 0. The molecule has 0 saturated carbocycles. The van der Waals surface area contributed by atoms with E-state index in [1.54, 1.807) is 0 Å². The fourth-order valence-electron chi connectivity index (χ4n) is 4.64. The first-order chi connectivity index (χ1) is 12.9.